The van der Waals surface area contributed by atoms with Crippen LogP contribution in [0.25, 0.3) is 0 Å². The summed E-state index contributed by atoms with van der Waals surface area (Å²) in [6.45, 7) is 6.67. The molecule has 1 atom stereocenters. The average Bonchev–Trinajstić information content (AvgIpc) is 3.19. The maximum atomic E-state index is 13.0. The maximum Gasteiger partial charge on any atom is 0.233 e. The summed E-state index contributed by atoms with van der Waals surface area (Å²) in [5.74, 6) is 1.66. The summed E-state index contributed by atoms with van der Waals surface area (Å²) < 4.78 is 25.2. The van der Waals surface area contributed by atoms with Gasteiger partial charge in [-0.1, -0.05) is 42.1 Å². The van der Waals surface area contributed by atoms with E-state index in [4.69, 9.17) is 0 Å². The number of hydrogen-bond donors (Lipinski definition) is 0. The van der Waals surface area contributed by atoms with Gasteiger partial charge < -0.3 is 9.47 Å². The van der Waals surface area contributed by atoms with Gasteiger partial charge in [-0.15, -0.1) is 10.2 Å². The number of benzene rings is 1. The molecule has 2 aromatic rings. The third-order valence-electron chi connectivity index (χ3n) is 5.34. The standard InChI is InChI=1S/C21H30N4O3S2/c1-21(2,3)25(13-16-8-6-5-7-9-16)19(26)14-29-20-23-22-18(24(20)4)12-17-10-11-30(27,28)15-17/h5-9,17H,10-15H2,1-4H3. The smallest absolute Gasteiger partial charge is 0.233 e. The van der Waals surface area contributed by atoms with Crippen molar-refractivity contribution in [1.29, 1.82) is 0 Å². The lowest BCUT2D eigenvalue weighted by Gasteiger charge is -2.36. The van der Waals surface area contributed by atoms with Gasteiger partial charge >= 0.3 is 0 Å². The van der Waals surface area contributed by atoms with Crippen molar-refractivity contribution in [2.45, 2.75) is 50.9 Å². The number of aromatic nitrogens is 3. The minimum atomic E-state index is -2.91. The fourth-order valence-electron chi connectivity index (χ4n) is 3.61. The molecule has 1 aliphatic heterocycles. The maximum absolute atomic E-state index is 13.0. The van der Waals surface area contributed by atoms with Crippen LogP contribution >= 0.6 is 11.8 Å². The van der Waals surface area contributed by atoms with E-state index in [0.717, 1.165) is 11.4 Å². The molecule has 0 saturated carbocycles. The first-order chi connectivity index (χ1) is 14.0. The summed E-state index contributed by atoms with van der Waals surface area (Å²) >= 11 is 1.37. The molecule has 30 heavy (non-hydrogen) atoms. The summed E-state index contributed by atoms with van der Waals surface area (Å²) in [4.78, 5) is 14.9. The first-order valence-electron chi connectivity index (χ1n) is 10.1. The van der Waals surface area contributed by atoms with Gasteiger partial charge in [-0.3, -0.25) is 4.79 Å². The molecule has 1 aromatic carbocycles. The van der Waals surface area contributed by atoms with Crippen molar-refractivity contribution in [3.63, 3.8) is 0 Å². The molecule has 0 aliphatic carbocycles. The molecule has 0 N–H and O–H groups in total. The van der Waals surface area contributed by atoms with E-state index in [2.05, 4.69) is 10.2 Å². The van der Waals surface area contributed by atoms with Crippen LogP contribution in [0, 0.1) is 5.92 Å². The topological polar surface area (TPSA) is 85.2 Å². The van der Waals surface area contributed by atoms with Crippen molar-refractivity contribution >= 4 is 27.5 Å². The Balaban J connectivity index is 1.62. The monoisotopic (exact) mass is 450 g/mol. The largest absolute Gasteiger partial charge is 0.333 e. The zero-order chi connectivity index (χ0) is 21.9. The molecular formula is C21H30N4O3S2. The van der Waals surface area contributed by atoms with E-state index >= 15 is 0 Å². The molecule has 0 spiro atoms. The zero-order valence-electron chi connectivity index (χ0n) is 18.0. The van der Waals surface area contributed by atoms with Gasteiger partial charge in [-0.2, -0.15) is 0 Å². The van der Waals surface area contributed by atoms with Crippen LogP contribution in [0.5, 0.6) is 0 Å². The number of hydrogen-bond acceptors (Lipinski definition) is 6. The Morgan fingerprint density at radius 2 is 1.93 bits per heavy atom. The summed E-state index contributed by atoms with van der Waals surface area (Å²) in [7, 11) is -1.03. The van der Waals surface area contributed by atoms with Gasteiger partial charge in [0.05, 0.1) is 17.3 Å². The molecule has 7 nitrogen and oxygen atoms in total. The third-order valence-corrected chi connectivity index (χ3v) is 8.18. The number of carbonyl (C=O) groups excluding carboxylic acids is 1. The lowest BCUT2D eigenvalue weighted by Crippen LogP contribution is -2.45. The molecule has 9 heteroatoms. The number of carbonyl (C=O) groups is 1. The van der Waals surface area contributed by atoms with Gasteiger partial charge in [0.25, 0.3) is 0 Å². The highest BCUT2D eigenvalue weighted by Gasteiger charge is 2.30. The predicted octanol–water partition coefficient (Wildman–Crippen LogP) is 2.71. The zero-order valence-corrected chi connectivity index (χ0v) is 19.7. The van der Waals surface area contributed by atoms with Crippen LogP contribution in [0.4, 0.5) is 0 Å². The van der Waals surface area contributed by atoms with Crippen LogP contribution in [0.2, 0.25) is 0 Å². The molecule has 164 valence electrons. The van der Waals surface area contributed by atoms with Crippen LogP contribution in [-0.4, -0.2) is 56.8 Å². The molecule has 1 aliphatic rings. The Hall–Kier alpha value is -1.87. The minimum Gasteiger partial charge on any atom is -0.333 e. The van der Waals surface area contributed by atoms with Gasteiger partial charge in [-0.05, 0) is 38.7 Å². The minimum absolute atomic E-state index is 0.0442. The van der Waals surface area contributed by atoms with E-state index in [9.17, 15) is 13.2 Å². The molecule has 1 aromatic heterocycles. The fourth-order valence-corrected chi connectivity index (χ4v) is 6.28. The molecule has 0 radical (unpaired) electrons. The molecule has 2 heterocycles. The molecular weight excluding hydrogens is 420 g/mol. The number of nitrogens with zero attached hydrogens (tertiary/aromatic N) is 4. The van der Waals surface area contributed by atoms with E-state index in [1.165, 1.54) is 11.8 Å². The third kappa shape index (κ3) is 5.85. The van der Waals surface area contributed by atoms with Gasteiger partial charge in [0.2, 0.25) is 5.91 Å². The first kappa shape index (κ1) is 22.8. The molecule has 3 rings (SSSR count). The molecule has 1 amide bonds. The molecule has 1 unspecified atom stereocenters. The van der Waals surface area contributed by atoms with E-state index in [1.807, 2.05) is 67.6 Å². The lowest BCUT2D eigenvalue weighted by molar-refractivity contribution is -0.133. The number of sulfone groups is 1. The lowest BCUT2D eigenvalue weighted by atomic mass is 10.0. The Bertz CT molecular complexity index is 981. The van der Waals surface area contributed by atoms with Crippen LogP contribution < -0.4 is 0 Å². The fraction of sp³-hybridized carbons (Fsp3) is 0.571. The summed E-state index contributed by atoms with van der Waals surface area (Å²) in [6.07, 6.45) is 1.27. The second-order valence-corrected chi connectivity index (χ2v) is 12.0. The second-order valence-electron chi connectivity index (χ2n) is 8.86. The van der Waals surface area contributed by atoms with Crippen molar-refractivity contribution in [1.82, 2.24) is 19.7 Å². The van der Waals surface area contributed by atoms with Crippen molar-refractivity contribution in [3.05, 3.63) is 41.7 Å². The highest BCUT2D eigenvalue weighted by Crippen LogP contribution is 2.25. The summed E-state index contributed by atoms with van der Waals surface area (Å²) in [5, 5.41) is 9.14. The first-order valence-corrected chi connectivity index (χ1v) is 12.9. The van der Waals surface area contributed by atoms with Crippen LogP contribution in [0.1, 0.15) is 38.6 Å². The van der Waals surface area contributed by atoms with E-state index in [-0.39, 0.29) is 34.6 Å². The molecule has 0 bridgehead atoms. The van der Waals surface area contributed by atoms with Crippen molar-refractivity contribution in [3.8, 4) is 0 Å². The quantitative estimate of drug-likeness (QED) is 0.603. The molecule has 1 saturated heterocycles. The highest BCUT2D eigenvalue weighted by atomic mass is 32.2. The van der Waals surface area contributed by atoms with Gasteiger partial charge in [0, 0.05) is 25.6 Å². The Morgan fingerprint density at radius 3 is 2.53 bits per heavy atom. The van der Waals surface area contributed by atoms with Gasteiger partial charge in [0.1, 0.15) is 5.82 Å². The Labute approximate surface area is 183 Å². The Kier molecular flexibility index (Phi) is 6.91. The SMILES string of the molecule is Cn1c(CC2CCS(=O)(=O)C2)nnc1SCC(=O)N(Cc1ccccc1)C(C)(C)C. The van der Waals surface area contributed by atoms with E-state index in [1.54, 1.807) is 0 Å². The number of amides is 1. The molecule has 1 fully saturated rings. The van der Waals surface area contributed by atoms with Crippen LogP contribution in [0.15, 0.2) is 35.5 Å². The average molecular weight is 451 g/mol. The predicted molar refractivity (Wildman–Crippen MR) is 119 cm³/mol. The van der Waals surface area contributed by atoms with E-state index < -0.39 is 9.84 Å². The van der Waals surface area contributed by atoms with Crippen LogP contribution in [0.3, 0.4) is 0 Å². The number of thioether (sulfide) groups is 1. The van der Waals surface area contributed by atoms with Crippen molar-refractivity contribution < 1.29 is 13.2 Å². The normalized spacial score (nSPS) is 18.5. The van der Waals surface area contributed by atoms with Crippen molar-refractivity contribution in [2.24, 2.45) is 13.0 Å². The van der Waals surface area contributed by atoms with Crippen LogP contribution in [-0.2, 0) is 34.6 Å². The van der Waals surface area contributed by atoms with Gasteiger partial charge in [0.15, 0.2) is 15.0 Å². The van der Waals surface area contributed by atoms with Crippen molar-refractivity contribution in [2.75, 3.05) is 17.3 Å². The summed E-state index contributed by atoms with van der Waals surface area (Å²) in [5.41, 5.74) is 0.796. The van der Waals surface area contributed by atoms with Gasteiger partial charge in [-0.25, -0.2) is 8.42 Å². The second kappa shape index (κ2) is 9.09. The Morgan fingerprint density at radius 1 is 1.23 bits per heavy atom. The highest BCUT2D eigenvalue weighted by molar-refractivity contribution is 7.99. The number of rotatable bonds is 7. The van der Waals surface area contributed by atoms with E-state index in [0.29, 0.717) is 24.5 Å². The summed E-state index contributed by atoms with van der Waals surface area (Å²) in [6, 6.07) is 9.97.